The molecule has 0 unspecified atom stereocenters. The van der Waals surface area contributed by atoms with Crippen LogP contribution >= 0.6 is 0 Å². The van der Waals surface area contributed by atoms with Crippen molar-refractivity contribution in [2.45, 2.75) is 63.5 Å². The van der Waals surface area contributed by atoms with E-state index >= 15 is 0 Å². The Kier molecular flexibility index (Phi) is 8.43. The third-order valence-corrected chi connectivity index (χ3v) is 8.68. The molecule has 11 nitrogen and oxygen atoms in total. The van der Waals surface area contributed by atoms with E-state index < -0.39 is 59.5 Å². The normalized spacial score (nSPS) is 33.0. The van der Waals surface area contributed by atoms with Crippen LogP contribution in [0.3, 0.4) is 0 Å². The number of cyclic esters (lactones) is 1. The molecule has 2 saturated heterocycles. The second-order valence-electron chi connectivity index (χ2n) is 11.6. The van der Waals surface area contributed by atoms with Crippen molar-refractivity contribution in [3.8, 4) is 5.75 Å². The standard InChI is InChI=1S/C31H39N3O8/c1-18(2)22(17-35)34-27-29(38)33(20-9-11-21(40-4)12-10-20)15-7-5-6-8-24(36)32-16-19(3)41-30(39)25-23-13-14-31(27,42-23)26(25)28(34)37/h5,7,9-14,18-19,22-23,25-27,35H,6,8,15-17H2,1-4H3,(H,32,36)/b7-5-/t19-,22+,23+,25-,26-,27+,31-/m1/s1. The van der Waals surface area contributed by atoms with Gasteiger partial charge in [0.15, 0.2) is 0 Å². The summed E-state index contributed by atoms with van der Waals surface area (Å²) in [6, 6.07) is 5.17. The average molecular weight is 582 g/mol. The molecule has 1 spiro atoms. The van der Waals surface area contributed by atoms with Gasteiger partial charge in [0.2, 0.25) is 11.8 Å². The van der Waals surface area contributed by atoms with Crippen LogP contribution in [0.25, 0.3) is 0 Å². The molecule has 4 aliphatic rings. The SMILES string of the molecule is COc1ccc(N2C/C=C\CCC(=O)NC[C@@H](C)OC(=O)[C@@H]3[C@@H]4C=C[C@]5(O4)[C@H](C2=O)N([C@@H](CO)C(C)C)C(=O)[C@@H]35)cc1. The van der Waals surface area contributed by atoms with E-state index in [1.165, 1.54) is 4.90 Å². The van der Waals surface area contributed by atoms with Crippen LogP contribution in [0.4, 0.5) is 5.69 Å². The molecule has 5 rings (SSSR count). The van der Waals surface area contributed by atoms with Gasteiger partial charge in [-0.05, 0) is 43.5 Å². The summed E-state index contributed by atoms with van der Waals surface area (Å²) in [7, 11) is 1.55. The number of carbonyl (C=O) groups excluding carboxylic acids is 4. The molecule has 0 radical (unpaired) electrons. The molecule has 1 aromatic rings. The van der Waals surface area contributed by atoms with Gasteiger partial charge in [0.05, 0.1) is 38.3 Å². The van der Waals surface area contributed by atoms with E-state index in [2.05, 4.69) is 5.32 Å². The van der Waals surface area contributed by atoms with Crippen molar-refractivity contribution in [1.82, 2.24) is 10.2 Å². The van der Waals surface area contributed by atoms with E-state index in [0.29, 0.717) is 17.9 Å². The highest BCUT2D eigenvalue weighted by atomic mass is 16.6. The number of rotatable bonds is 5. The minimum absolute atomic E-state index is 0.130. The first-order valence-corrected chi connectivity index (χ1v) is 14.5. The van der Waals surface area contributed by atoms with Gasteiger partial charge >= 0.3 is 5.97 Å². The van der Waals surface area contributed by atoms with Crippen molar-refractivity contribution < 1.29 is 38.5 Å². The van der Waals surface area contributed by atoms with Gasteiger partial charge in [0, 0.05) is 18.7 Å². The van der Waals surface area contributed by atoms with E-state index in [9.17, 15) is 24.3 Å². The molecule has 0 aromatic heterocycles. The number of aliphatic hydroxyl groups is 1. The molecule has 5 bridgehead atoms. The monoisotopic (exact) mass is 581 g/mol. The molecule has 7 atom stereocenters. The lowest BCUT2D eigenvalue weighted by molar-refractivity contribution is -0.159. The molecule has 2 fully saturated rings. The van der Waals surface area contributed by atoms with Gasteiger partial charge in [-0.15, -0.1) is 0 Å². The van der Waals surface area contributed by atoms with Gasteiger partial charge in [0.25, 0.3) is 5.91 Å². The van der Waals surface area contributed by atoms with Crippen LogP contribution in [-0.4, -0.2) is 90.4 Å². The third kappa shape index (κ3) is 5.09. The predicted octanol–water partition coefficient (Wildman–Crippen LogP) is 1.59. The second kappa shape index (κ2) is 11.9. The number of hydrogen-bond acceptors (Lipinski definition) is 8. The topological polar surface area (TPSA) is 135 Å². The Morgan fingerprint density at radius 2 is 1.86 bits per heavy atom. The van der Waals surface area contributed by atoms with E-state index in [0.717, 1.165) is 0 Å². The predicted molar refractivity (Wildman–Crippen MR) is 152 cm³/mol. The summed E-state index contributed by atoms with van der Waals surface area (Å²) in [6.45, 7) is 5.35. The molecular weight excluding hydrogens is 542 g/mol. The number of benzene rings is 1. The molecule has 42 heavy (non-hydrogen) atoms. The van der Waals surface area contributed by atoms with Crippen LogP contribution in [0.2, 0.25) is 0 Å². The molecule has 226 valence electrons. The minimum atomic E-state index is -1.41. The summed E-state index contributed by atoms with van der Waals surface area (Å²) in [5, 5.41) is 13.2. The van der Waals surface area contributed by atoms with E-state index in [1.54, 1.807) is 55.4 Å². The fourth-order valence-corrected chi connectivity index (χ4v) is 6.54. The van der Waals surface area contributed by atoms with Crippen molar-refractivity contribution in [3.63, 3.8) is 0 Å². The van der Waals surface area contributed by atoms with Crippen LogP contribution in [-0.2, 0) is 28.7 Å². The fourth-order valence-electron chi connectivity index (χ4n) is 6.54. The zero-order chi connectivity index (χ0) is 30.2. The van der Waals surface area contributed by atoms with Crippen LogP contribution in [0.5, 0.6) is 5.75 Å². The number of allylic oxidation sites excluding steroid dienone is 1. The maximum absolute atomic E-state index is 14.8. The van der Waals surface area contributed by atoms with Gasteiger partial charge in [-0.25, -0.2) is 0 Å². The van der Waals surface area contributed by atoms with Crippen LogP contribution < -0.4 is 15.0 Å². The highest BCUT2D eigenvalue weighted by Gasteiger charge is 2.74. The summed E-state index contributed by atoms with van der Waals surface area (Å²) in [5.74, 6) is -3.20. The lowest BCUT2D eigenvalue weighted by Crippen LogP contribution is -2.59. The van der Waals surface area contributed by atoms with Crippen LogP contribution in [0.1, 0.15) is 33.6 Å². The first kappa shape index (κ1) is 29.8. The molecule has 4 aliphatic heterocycles. The number of carbonyl (C=O) groups is 4. The third-order valence-electron chi connectivity index (χ3n) is 8.68. The van der Waals surface area contributed by atoms with Crippen molar-refractivity contribution in [1.29, 1.82) is 0 Å². The molecule has 4 heterocycles. The lowest BCUT2D eigenvalue weighted by Gasteiger charge is -2.40. The number of nitrogens with zero attached hydrogens (tertiary/aromatic N) is 2. The Balaban J connectivity index is 1.63. The number of hydrogen-bond donors (Lipinski definition) is 2. The maximum Gasteiger partial charge on any atom is 0.313 e. The number of likely N-dealkylation sites (tertiary alicyclic amines) is 1. The number of anilines is 1. The first-order chi connectivity index (χ1) is 20.1. The van der Waals surface area contributed by atoms with Crippen LogP contribution in [0.15, 0.2) is 48.6 Å². The number of fused-ring (bicyclic) bond motifs is 2. The number of methoxy groups -OCH3 is 1. The Labute approximate surface area is 245 Å². The van der Waals surface area contributed by atoms with Crippen LogP contribution in [0, 0.1) is 17.8 Å². The second-order valence-corrected chi connectivity index (χ2v) is 11.6. The smallest absolute Gasteiger partial charge is 0.313 e. The summed E-state index contributed by atoms with van der Waals surface area (Å²) in [6.07, 6.45) is 6.41. The van der Waals surface area contributed by atoms with Gasteiger partial charge < -0.3 is 34.4 Å². The van der Waals surface area contributed by atoms with Crippen molar-refractivity contribution >= 4 is 29.4 Å². The lowest BCUT2D eigenvalue weighted by atomic mass is 9.74. The van der Waals surface area contributed by atoms with E-state index in [4.69, 9.17) is 14.2 Å². The molecule has 0 aliphatic carbocycles. The number of ether oxygens (including phenoxy) is 3. The molecule has 11 heteroatoms. The van der Waals surface area contributed by atoms with Gasteiger partial charge in [-0.1, -0.05) is 38.2 Å². The fraction of sp³-hybridized carbons (Fsp3) is 0.548. The maximum atomic E-state index is 14.8. The molecule has 2 N–H and O–H groups in total. The molecule has 1 aromatic carbocycles. The Morgan fingerprint density at radius 1 is 1.12 bits per heavy atom. The number of aliphatic hydroxyl groups excluding tert-OH is 1. The van der Waals surface area contributed by atoms with Gasteiger partial charge in [-0.2, -0.15) is 0 Å². The highest BCUT2D eigenvalue weighted by molar-refractivity contribution is 6.05. The summed E-state index contributed by atoms with van der Waals surface area (Å²) < 4.78 is 17.4. The molecule has 3 amide bonds. The quantitative estimate of drug-likeness (QED) is 0.396. The summed E-state index contributed by atoms with van der Waals surface area (Å²) in [4.78, 5) is 58.0. The largest absolute Gasteiger partial charge is 0.497 e. The molecular formula is C31H39N3O8. The zero-order valence-electron chi connectivity index (χ0n) is 24.4. The first-order valence-electron chi connectivity index (χ1n) is 14.5. The summed E-state index contributed by atoms with van der Waals surface area (Å²) >= 11 is 0. The van der Waals surface area contributed by atoms with Gasteiger partial charge in [0.1, 0.15) is 29.4 Å². The van der Waals surface area contributed by atoms with E-state index in [-0.39, 0.29) is 37.9 Å². The van der Waals surface area contributed by atoms with Crippen molar-refractivity contribution in [2.75, 3.05) is 31.7 Å². The van der Waals surface area contributed by atoms with E-state index in [1.807, 2.05) is 26.0 Å². The number of esters is 1. The van der Waals surface area contributed by atoms with Crippen molar-refractivity contribution in [2.24, 2.45) is 17.8 Å². The molecule has 0 saturated carbocycles. The number of nitrogens with one attached hydrogen (secondary N) is 1. The zero-order valence-corrected chi connectivity index (χ0v) is 24.4. The Morgan fingerprint density at radius 3 is 2.52 bits per heavy atom. The highest BCUT2D eigenvalue weighted by Crippen LogP contribution is 2.56. The Hall–Kier alpha value is -3.70. The Bertz CT molecular complexity index is 1280. The average Bonchev–Trinajstić information content (AvgIpc) is 3.61. The van der Waals surface area contributed by atoms with Gasteiger partial charge in [-0.3, -0.25) is 19.2 Å². The van der Waals surface area contributed by atoms with Crippen molar-refractivity contribution in [3.05, 3.63) is 48.6 Å². The summed E-state index contributed by atoms with van der Waals surface area (Å²) in [5.41, 5.74) is -0.843. The number of amides is 3. The minimum Gasteiger partial charge on any atom is -0.497 e.